The molecular formula is C19H21FN2O3S. The lowest BCUT2D eigenvalue weighted by atomic mass is 10.1. The zero-order valence-corrected chi connectivity index (χ0v) is 15.1. The molecule has 1 heterocycles. The minimum Gasteiger partial charge on any atom is -0.342 e. The average Bonchev–Trinajstić information content (AvgIpc) is 3.10. The van der Waals surface area contributed by atoms with E-state index in [4.69, 9.17) is 0 Å². The Hall–Kier alpha value is -2.41. The number of hydrogen-bond donors (Lipinski definition) is 1. The van der Waals surface area contributed by atoms with E-state index in [1.165, 1.54) is 18.2 Å². The summed E-state index contributed by atoms with van der Waals surface area (Å²) in [7, 11) is -3.65. The fourth-order valence-electron chi connectivity index (χ4n) is 3.01. The summed E-state index contributed by atoms with van der Waals surface area (Å²) in [5.41, 5.74) is 1.64. The molecule has 1 N–H and O–H groups in total. The summed E-state index contributed by atoms with van der Waals surface area (Å²) >= 11 is 0. The maximum absolute atomic E-state index is 13.2. The van der Waals surface area contributed by atoms with Crippen molar-refractivity contribution in [3.8, 4) is 0 Å². The molecule has 1 saturated heterocycles. The zero-order valence-electron chi connectivity index (χ0n) is 14.3. The van der Waals surface area contributed by atoms with Crippen LogP contribution in [-0.4, -0.2) is 32.3 Å². The second kappa shape index (κ2) is 7.86. The minimum atomic E-state index is -3.65. The molecule has 0 bridgehead atoms. The summed E-state index contributed by atoms with van der Waals surface area (Å²) in [4.78, 5) is 14.0. The number of sulfonamides is 1. The Kier molecular flexibility index (Phi) is 5.56. The van der Waals surface area contributed by atoms with Gasteiger partial charge in [0, 0.05) is 18.8 Å². The predicted molar refractivity (Wildman–Crippen MR) is 98.6 cm³/mol. The van der Waals surface area contributed by atoms with E-state index in [-0.39, 0.29) is 11.7 Å². The molecule has 1 fully saturated rings. The third-order valence-corrected chi connectivity index (χ3v) is 5.55. The van der Waals surface area contributed by atoms with Gasteiger partial charge in [-0.25, -0.2) is 12.8 Å². The van der Waals surface area contributed by atoms with Gasteiger partial charge in [-0.05, 0) is 48.2 Å². The Morgan fingerprint density at radius 3 is 2.38 bits per heavy atom. The molecule has 0 radical (unpaired) electrons. The summed E-state index contributed by atoms with van der Waals surface area (Å²) in [5, 5.41) is 0. The highest BCUT2D eigenvalue weighted by Crippen LogP contribution is 2.16. The first-order valence-corrected chi connectivity index (χ1v) is 10.2. The van der Waals surface area contributed by atoms with Crippen molar-refractivity contribution in [2.75, 3.05) is 17.8 Å². The molecular weight excluding hydrogens is 355 g/mol. The summed E-state index contributed by atoms with van der Waals surface area (Å²) in [6.45, 7) is 1.63. The van der Waals surface area contributed by atoms with Crippen LogP contribution in [0.3, 0.4) is 0 Å². The number of amides is 1. The number of nitrogens with zero attached hydrogens (tertiary/aromatic N) is 1. The van der Waals surface area contributed by atoms with Gasteiger partial charge in [0.1, 0.15) is 5.82 Å². The molecule has 1 amide bonds. The van der Waals surface area contributed by atoms with Crippen LogP contribution >= 0.6 is 0 Å². The lowest BCUT2D eigenvalue weighted by Crippen LogP contribution is -2.29. The van der Waals surface area contributed by atoms with Gasteiger partial charge in [-0.2, -0.15) is 0 Å². The van der Waals surface area contributed by atoms with E-state index in [1.54, 1.807) is 30.3 Å². The standard InChI is InChI=1S/C19H21FN2O3S/c20-17-5-3-4-16(12-17)14-26(24,25)21-18-8-6-15(7-9-18)13-19(23)22-10-1-2-11-22/h3-9,12,21H,1-2,10-11,13-14H2. The molecule has 26 heavy (non-hydrogen) atoms. The quantitative estimate of drug-likeness (QED) is 0.843. The molecule has 1 aliphatic heterocycles. The van der Waals surface area contributed by atoms with Crippen molar-refractivity contribution in [2.24, 2.45) is 0 Å². The number of anilines is 1. The van der Waals surface area contributed by atoms with Crippen LogP contribution in [0.4, 0.5) is 10.1 Å². The molecule has 2 aromatic carbocycles. The first kappa shape index (κ1) is 18.4. The summed E-state index contributed by atoms with van der Waals surface area (Å²) in [6.07, 6.45) is 2.42. The molecule has 3 rings (SSSR count). The third-order valence-electron chi connectivity index (χ3n) is 4.29. The number of rotatable bonds is 6. The summed E-state index contributed by atoms with van der Waals surface area (Å²) in [6, 6.07) is 12.3. The van der Waals surface area contributed by atoms with E-state index in [0.717, 1.165) is 31.5 Å². The largest absolute Gasteiger partial charge is 0.342 e. The van der Waals surface area contributed by atoms with Crippen LogP contribution in [0.5, 0.6) is 0 Å². The Bertz CT molecular complexity index is 876. The maximum Gasteiger partial charge on any atom is 0.236 e. The normalized spacial score (nSPS) is 14.4. The van der Waals surface area contributed by atoms with E-state index in [2.05, 4.69) is 4.72 Å². The SMILES string of the molecule is O=C(Cc1ccc(NS(=O)(=O)Cc2cccc(F)c2)cc1)N1CCCC1. The van der Waals surface area contributed by atoms with Gasteiger partial charge >= 0.3 is 0 Å². The van der Waals surface area contributed by atoms with Gasteiger partial charge in [0.05, 0.1) is 12.2 Å². The van der Waals surface area contributed by atoms with Crippen molar-refractivity contribution in [1.82, 2.24) is 4.90 Å². The van der Waals surface area contributed by atoms with Gasteiger partial charge in [0.15, 0.2) is 0 Å². The van der Waals surface area contributed by atoms with Gasteiger partial charge in [-0.3, -0.25) is 9.52 Å². The van der Waals surface area contributed by atoms with Crippen LogP contribution in [0.1, 0.15) is 24.0 Å². The molecule has 2 aromatic rings. The van der Waals surface area contributed by atoms with Crippen LogP contribution < -0.4 is 4.72 Å². The number of likely N-dealkylation sites (tertiary alicyclic amines) is 1. The molecule has 0 aliphatic carbocycles. The summed E-state index contributed by atoms with van der Waals surface area (Å²) < 4.78 is 40.1. The average molecular weight is 376 g/mol. The predicted octanol–water partition coefficient (Wildman–Crippen LogP) is 2.93. The molecule has 0 unspecified atom stereocenters. The Morgan fingerprint density at radius 2 is 1.73 bits per heavy atom. The Labute approximate surface area is 152 Å². The van der Waals surface area contributed by atoms with Crippen molar-refractivity contribution in [3.05, 3.63) is 65.5 Å². The molecule has 0 spiro atoms. The van der Waals surface area contributed by atoms with Crippen LogP contribution in [0.2, 0.25) is 0 Å². The van der Waals surface area contributed by atoms with Crippen molar-refractivity contribution in [1.29, 1.82) is 0 Å². The highest BCUT2D eigenvalue weighted by Gasteiger charge is 2.18. The lowest BCUT2D eigenvalue weighted by molar-refractivity contribution is -0.129. The van der Waals surface area contributed by atoms with Crippen LogP contribution in [-0.2, 0) is 27.0 Å². The van der Waals surface area contributed by atoms with Gasteiger partial charge < -0.3 is 4.90 Å². The number of halogens is 1. The van der Waals surface area contributed by atoms with Gasteiger partial charge in [0.25, 0.3) is 0 Å². The van der Waals surface area contributed by atoms with E-state index >= 15 is 0 Å². The molecule has 0 aromatic heterocycles. The number of hydrogen-bond acceptors (Lipinski definition) is 3. The van der Waals surface area contributed by atoms with Gasteiger partial charge in [-0.1, -0.05) is 24.3 Å². The van der Waals surface area contributed by atoms with E-state index in [0.29, 0.717) is 17.7 Å². The number of benzene rings is 2. The van der Waals surface area contributed by atoms with E-state index in [9.17, 15) is 17.6 Å². The zero-order chi connectivity index (χ0) is 18.6. The van der Waals surface area contributed by atoms with Crippen molar-refractivity contribution < 1.29 is 17.6 Å². The Morgan fingerprint density at radius 1 is 1.04 bits per heavy atom. The maximum atomic E-state index is 13.2. The minimum absolute atomic E-state index is 0.0990. The summed E-state index contributed by atoms with van der Waals surface area (Å²) in [5.74, 6) is -0.674. The molecule has 5 nitrogen and oxygen atoms in total. The van der Waals surface area contributed by atoms with Gasteiger partial charge in [0.2, 0.25) is 15.9 Å². The second-order valence-electron chi connectivity index (χ2n) is 6.45. The second-order valence-corrected chi connectivity index (χ2v) is 8.17. The highest BCUT2D eigenvalue weighted by atomic mass is 32.2. The van der Waals surface area contributed by atoms with Crippen molar-refractivity contribution >= 4 is 21.6 Å². The van der Waals surface area contributed by atoms with Crippen LogP contribution in [0, 0.1) is 5.82 Å². The first-order valence-electron chi connectivity index (χ1n) is 8.53. The molecule has 7 heteroatoms. The molecule has 1 aliphatic rings. The number of carbonyl (C=O) groups is 1. The fourth-order valence-corrected chi connectivity index (χ4v) is 4.19. The highest BCUT2D eigenvalue weighted by molar-refractivity contribution is 7.91. The van der Waals surface area contributed by atoms with Crippen LogP contribution in [0.15, 0.2) is 48.5 Å². The van der Waals surface area contributed by atoms with Crippen molar-refractivity contribution in [3.63, 3.8) is 0 Å². The Balaban J connectivity index is 1.60. The van der Waals surface area contributed by atoms with Crippen LogP contribution in [0.25, 0.3) is 0 Å². The van der Waals surface area contributed by atoms with Crippen molar-refractivity contribution in [2.45, 2.75) is 25.0 Å². The number of nitrogens with one attached hydrogen (secondary N) is 1. The smallest absolute Gasteiger partial charge is 0.236 e. The third kappa shape index (κ3) is 5.05. The molecule has 138 valence electrons. The fraction of sp³-hybridized carbons (Fsp3) is 0.316. The van der Waals surface area contributed by atoms with E-state index < -0.39 is 15.8 Å². The number of carbonyl (C=O) groups excluding carboxylic acids is 1. The topological polar surface area (TPSA) is 66.5 Å². The lowest BCUT2D eigenvalue weighted by Gasteiger charge is -2.15. The monoisotopic (exact) mass is 376 g/mol. The molecule has 0 saturated carbocycles. The first-order chi connectivity index (χ1) is 12.4. The molecule has 0 atom stereocenters. The van der Waals surface area contributed by atoms with E-state index in [1.807, 2.05) is 4.90 Å². The van der Waals surface area contributed by atoms with Gasteiger partial charge in [-0.15, -0.1) is 0 Å².